The molecule has 0 aliphatic rings. The molecule has 5 nitrogen and oxygen atoms in total. The smallest absolute Gasteiger partial charge is 0.345 e. The highest BCUT2D eigenvalue weighted by molar-refractivity contribution is 7.10. The SMILES string of the molecule is O=c1oc2ccccc2cc1-c1nn(-c2ccccc2)cc1/C=C/c1nc(-c2ccc(Cl)cc2)cs1. The van der Waals surface area contributed by atoms with E-state index in [2.05, 4.69) is 0 Å². The lowest BCUT2D eigenvalue weighted by atomic mass is 10.1. The van der Waals surface area contributed by atoms with E-state index in [1.165, 1.54) is 11.3 Å². The van der Waals surface area contributed by atoms with Gasteiger partial charge in [0.1, 0.15) is 16.3 Å². The van der Waals surface area contributed by atoms with Crippen LogP contribution >= 0.6 is 22.9 Å². The van der Waals surface area contributed by atoms with Gasteiger partial charge in [0, 0.05) is 33.1 Å². The van der Waals surface area contributed by atoms with Crippen molar-refractivity contribution in [2.24, 2.45) is 0 Å². The lowest BCUT2D eigenvalue weighted by molar-refractivity contribution is 0.563. The first-order chi connectivity index (χ1) is 17.6. The van der Waals surface area contributed by atoms with Crippen LogP contribution in [0.4, 0.5) is 0 Å². The zero-order valence-electron chi connectivity index (χ0n) is 18.8. The maximum absolute atomic E-state index is 12.9. The van der Waals surface area contributed by atoms with Crippen LogP contribution in [0.3, 0.4) is 0 Å². The molecule has 6 rings (SSSR count). The van der Waals surface area contributed by atoms with E-state index in [4.69, 9.17) is 26.1 Å². The maximum atomic E-state index is 12.9. The van der Waals surface area contributed by atoms with Crippen LogP contribution in [0, 0.1) is 0 Å². The molecule has 0 atom stereocenters. The van der Waals surface area contributed by atoms with Crippen molar-refractivity contribution in [2.75, 3.05) is 0 Å². The number of hydrogen-bond acceptors (Lipinski definition) is 5. The number of thiazole rings is 1. The standard InChI is InChI=1S/C29H18ClN3O2S/c30-22-13-10-19(11-14-22)25-18-36-27(31-25)15-12-21-17-33(23-7-2-1-3-8-23)32-28(21)24-16-20-6-4-5-9-26(20)35-29(24)34/h1-18H/b15-12+. The van der Waals surface area contributed by atoms with Gasteiger partial charge in [-0.3, -0.25) is 0 Å². The number of fused-ring (bicyclic) bond motifs is 1. The minimum absolute atomic E-state index is 0.407. The predicted octanol–water partition coefficient (Wildman–Crippen LogP) is 7.59. The zero-order chi connectivity index (χ0) is 24.5. The molecule has 36 heavy (non-hydrogen) atoms. The van der Waals surface area contributed by atoms with E-state index < -0.39 is 5.63 Å². The Labute approximate surface area is 215 Å². The van der Waals surface area contributed by atoms with Crippen LogP contribution in [0.2, 0.25) is 5.02 Å². The Bertz CT molecular complexity index is 1770. The third-order valence-corrected chi connectivity index (χ3v) is 6.79. The summed E-state index contributed by atoms with van der Waals surface area (Å²) in [6.45, 7) is 0. The van der Waals surface area contributed by atoms with Gasteiger partial charge in [0.2, 0.25) is 0 Å². The first-order valence-corrected chi connectivity index (χ1v) is 12.5. The molecule has 0 fully saturated rings. The van der Waals surface area contributed by atoms with Crippen molar-refractivity contribution in [3.05, 3.63) is 123 Å². The summed E-state index contributed by atoms with van der Waals surface area (Å²) in [5.41, 5.74) is 4.62. The number of para-hydroxylation sites is 2. The monoisotopic (exact) mass is 507 g/mol. The molecule has 0 aliphatic heterocycles. The predicted molar refractivity (Wildman–Crippen MR) is 147 cm³/mol. The molecule has 0 bridgehead atoms. The summed E-state index contributed by atoms with van der Waals surface area (Å²) < 4.78 is 7.36. The van der Waals surface area contributed by atoms with Crippen LogP contribution in [-0.4, -0.2) is 14.8 Å². The van der Waals surface area contributed by atoms with Crippen LogP contribution in [0.25, 0.3) is 51.3 Å². The summed E-state index contributed by atoms with van der Waals surface area (Å²) in [7, 11) is 0. The van der Waals surface area contributed by atoms with E-state index in [9.17, 15) is 4.79 Å². The minimum atomic E-state index is -0.430. The van der Waals surface area contributed by atoms with E-state index in [1.54, 1.807) is 10.7 Å². The molecule has 0 spiro atoms. The Hall–Kier alpha value is -4.26. The number of rotatable bonds is 5. The van der Waals surface area contributed by atoms with Crippen molar-refractivity contribution in [1.29, 1.82) is 0 Å². The van der Waals surface area contributed by atoms with E-state index in [-0.39, 0.29) is 0 Å². The summed E-state index contributed by atoms with van der Waals surface area (Å²) in [6, 6.07) is 26.7. The molecule has 0 N–H and O–H groups in total. The quantitative estimate of drug-likeness (QED) is 0.225. The van der Waals surface area contributed by atoms with Gasteiger partial charge >= 0.3 is 5.63 Å². The van der Waals surface area contributed by atoms with E-state index in [1.807, 2.05) is 103 Å². The Kier molecular flexibility index (Phi) is 5.81. The average molecular weight is 508 g/mol. The zero-order valence-corrected chi connectivity index (χ0v) is 20.4. The fourth-order valence-electron chi connectivity index (χ4n) is 3.94. The van der Waals surface area contributed by atoms with Crippen molar-refractivity contribution < 1.29 is 4.42 Å². The highest BCUT2D eigenvalue weighted by Crippen LogP contribution is 2.28. The summed E-state index contributed by atoms with van der Waals surface area (Å²) in [4.78, 5) is 17.7. The second-order valence-corrected chi connectivity index (χ2v) is 9.44. The Morgan fingerprint density at radius 3 is 2.53 bits per heavy atom. The van der Waals surface area contributed by atoms with Crippen molar-refractivity contribution >= 4 is 46.1 Å². The molecule has 0 saturated carbocycles. The van der Waals surface area contributed by atoms with Gasteiger partial charge in [0.25, 0.3) is 0 Å². The highest BCUT2D eigenvalue weighted by Gasteiger charge is 2.16. The lowest BCUT2D eigenvalue weighted by Gasteiger charge is -2.01. The van der Waals surface area contributed by atoms with Crippen LogP contribution < -0.4 is 5.63 Å². The van der Waals surface area contributed by atoms with Crippen molar-refractivity contribution in [1.82, 2.24) is 14.8 Å². The van der Waals surface area contributed by atoms with Crippen LogP contribution in [0.15, 0.2) is 106 Å². The number of halogens is 1. The number of hydrogen-bond donors (Lipinski definition) is 0. The van der Waals surface area contributed by atoms with Gasteiger partial charge in [-0.1, -0.05) is 60.1 Å². The minimum Gasteiger partial charge on any atom is -0.422 e. The molecule has 3 heterocycles. The first kappa shape index (κ1) is 22.2. The molecule has 0 radical (unpaired) electrons. The molecule has 3 aromatic heterocycles. The molecule has 0 saturated heterocycles. The second-order valence-electron chi connectivity index (χ2n) is 8.11. The Morgan fingerprint density at radius 1 is 0.917 bits per heavy atom. The molecule has 7 heteroatoms. The van der Waals surface area contributed by atoms with Gasteiger partial charge in [-0.25, -0.2) is 14.5 Å². The molecule has 6 aromatic rings. The van der Waals surface area contributed by atoms with Gasteiger partial charge in [-0.2, -0.15) is 5.10 Å². The summed E-state index contributed by atoms with van der Waals surface area (Å²) in [6.07, 6.45) is 5.77. The van der Waals surface area contributed by atoms with E-state index in [0.29, 0.717) is 21.9 Å². The van der Waals surface area contributed by atoms with E-state index in [0.717, 1.165) is 32.9 Å². The number of aromatic nitrogens is 3. The molecule has 0 aliphatic carbocycles. The topological polar surface area (TPSA) is 60.9 Å². The normalized spacial score (nSPS) is 11.5. The molecule has 0 amide bonds. The third kappa shape index (κ3) is 4.40. The van der Waals surface area contributed by atoms with Gasteiger partial charge in [-0.05, 0) is 48.6 Å². The molecule has 0 unspecified atom stereocenters. The van der Waals surface area contributed by atoms with Gasteiger partial charge < -0.3 is 4.42 Å². The highest BCUT2D eigenvalue weighted by atomic mass is 35.5. The van der Waals surface area contributed by atoms with Crippen LogP contribution in [0.1, 0.15) is 10.6 Å². The van der Waals surface area contributed by atoms with E-state index >= 15 is 0 Å². The summed E-state index contributed by atoms with van der Waals surface area (Å²) in [5.74, 6) is 0. The fraction of sp³-hybridized carbons (Fsp3) is 0. The van der Waals surface area contributed by atoms with Crippen molar-refractivity contribution in [3.8, 4) is 28.2 Å². The molecular formula is C29H18ClN3O2S. The van der Waals surface area contributed by atoms with Crippen molar-refractivity contribution in [2.45, 2.75) is 0 Å². The summed E-state index contributed by atoms with van der Waals surface area (Å²) in [5, 5.41) is 9.14. The van der Waals surface area contributed by atoms with Gasteiger partial charge in [0.15, 0.2) is 0 Å². The number of nitrogens with zero attached hydrogens (tertiary/aromatic N) is 3. The average Bonchev–Trinajstić information content (AvgIpc) is 3.55. The largest absolute Gasteiger partial charge is 0.422 e. The van der Waals surface area contributed by atoms with Crippen LogP contribution in [-0.2, 0) is 0 Å². The third-order valence-electron chi connectivity index (χ3n) is 5.73. The molecule has 3 aromatic carbocycles. The van der Waals surface area contributed by atoms with Gasteiger partial charge in [0.05, 0.1) is 16.9 Å². The van der Waals surface area contributed by atoms with Gasteiger partial charge in [-0.15, -0.1) is 11.3 Å². The van der Waals surface area contributed by atoms with Crippen molar-refractivity contribution in [3.63, 3.8) is 0 Å². The second kappa shape index (κ2) is 9.41. The first-order valence-electron chi connectivity index (χ1n) is 11.2. The van der Waals surface area contributed by atoms with Crippen LogP contribution in [0.5, 0.6) is 0 Å². The number of benzene rings is 3. The summed E-state index contributed by atoms with van der Waals surface area (Å²) >= 11 is 7.55. The molecule has 174 valence electrons. The Balaban J connectivity index is 1.42. The Morgan fingerprint density at radius 2 is 1.69 bits per heavy atom. The lowest BCUT2D eigenvalue weighted by Crippen LogP contribution is -2.04. The molecular weight excluding hydrogens is 490 g/mol. The maximum Gasteiger partial charge on any atom is 0.345 e. The fourth-order valence-corrected chi connectivity index (χ4v) is 4.78.